The summed E-state index contributed by atoms with van der Waals surface area (Å²) in [6.45, 7) is 4.50. The molecule has 31 heavy (non-hydrogen) atoms. The van der Waals surface area contributed by atoms with Crippen molar-refractivity contribution in [3.8, 4) is 0 Å². The number of H-pyrrole nitrogens is 1. The van der Waals surface area contributed by atoms with Gasteiger partial charge in [0.25, 0.3) is 0 Å². The molecule has 1 saturated heterocycles. The smallest absolute Gasteiger partial charge is 0.208 e. The number of pyridine rings is 1. The van der Waals surface area contributed by atoms with Crippen LogP contribution in [0, 0.1) is 0 Å². The fourth-order valence-electron chi connectivity index (χ4n) is 4.80. The van der Waals surface area contributed by atoms with E-state index < -0.39 is 10.0 Å². The van der Waals surface area contributed by atoms with Crippen molar-refractivity contribution in [1.82, 2.24) is 24.7 Å². The predicted octanol–water partition coefficient (Wildman–Crippen LogP) is 1.82. The highest BCUT2D eigenvalue weighted by molar-refractivity contribution is 7.88. The minimum absolute atomic E-state index is 0.0147. The van der Waals surface area contributed by atoms with Crippen LogP contribution in [0.25, 0.3) is 11.0 Å². The summed E-state index contributed by atoms with van der Waals surface area (Å²) in [5.74, 6) is 0.971. The van der Waals surface area contributed by atoms with Gasteiger partial charge in [0, 0.05) is 67.2 Å². The quantitative estimate of drug-likeness (QED) is 0.636. The third-order valence-electron chi connectivity index (χ3n) is 6.28. The summed E-state index contributed by atoms with van der Waals surface area (Å²) in [6.07, 6.45) is 9.03. The Bertz CT molecular complexity index is 1200. The van der Waals surface area contributed by atoms with Crippen LogP contribution in [0.5, 0.6) is 0 Å². The topological polar surface area (TPSA) is 107 Å². The molecule has 0 unspecified atom stereocenters. The number of nitrogens with one attached hydrogen (secondary N) is 2. The van der Waals surface area contributed by atoms with Crippen LogP contribution in [0.4, 0.5) is 11.5 Å². The standard InChI is InChI=1S/C21H27N7O2S/c1-14-11-18-17(12-28(14)19-4-8-23-20-16(19)3-7-22-20)21(25-13-24-18)27-9-5-15(6-10-27)26-31(2,29)30/h3-4,7-8,13-15,26H,5-6,9-12H2,1-2H3,(H,22,23)/t14-/m1/s1. The van der Waals surface area contributed by atoms with Gasteiger partial charge in [-0.3, -0.25) is 0 Å². The van der Waals surface area contributed by atoms with Crippen molar-refractivity contribution in [2.45, 2.75) is 44.8 Å². The molecule has 0 aromatic carbocycles. The normalized spacial score (nSPS) is 20.3. The van der Waals surface area contributed by atoms with Crippen molar-refractivity contribution in [1.29, 1.82) is 0 Å². The van der Waals surface area contributed by atoms with Crippen molar-refractivity contribution in [2.24, 2.45) is 0 Å². The van der Waals surface area contributed by atoms with Crippen LogP contribution in [0.3, 0.4) is 0 Å². The third kappa shape index (κ3) is 3.97. The molecule has 2 aliphatic heterocycles. The summed E-state index contributed by atoms with van der Waals surface area (Å²) < 4.78 is 25.9. The highest BCUT2D eigenvalue weighted by Crippen LogP contribution is 2.35. The van der Waals surface area contributed by atoms with E-state index in [0.29, 0.717) is 6.04 Å². The predicted molar refractivity (Wildman–Crippen MR) is 121 cm³/mol. The van der Waals surface area contributed by atoms with Gasteiger partial charge in [-0.1, -0.05) is 0 Å². The maximum atomic E-state index is 11.6. The van der Waals surface area contributed by atoms with Crippen LogP contribution < -0.4 is 14.5 Å². The molecular formula is C21H27N7O2S. The number of rotatable bonds is 4. The second kappa shape index (κ2) is 7.76. The zero-order valence-electron chi connectivity index (χ0n) is 17.7. The lowest BCUT2D eigenvalue weighted by molar-refractivity contribution is 0.458. The van der Waals surface area contributed by atoms with E-state index in [1.54, 1.807) is 6.33 Å². The SMILES string of the molecule is C[C@@H]1Cc2ncnc(N3CCC(NS(C)(=O)=O)CC3)c2CN1c1ccnc2[nH]ccc12. The Kier molecular flexibility index (Phi) is 5.05. The lowest BCUT2D eigenvalue weighted by Crippen LogP contribution is -2.46. The Morgan fingerprint density at radius 2 is 1.97 bits per heavy atom. The fraction of sp³-hybridized carbons (Fsp3) is 0.476. The lowest BCUT2D eigenvalue weighted by atomic mass is 9.97. The van der Waals surface area contributed by atoms with Gasteiger partial charge in [0.05, 0.1) is 11.9 Å². The number of fused-ring (bicyclic) bond motifs is 2. The number of hydrogen-bond donors (Lipinski definition) is 2. The number of piperidine rings is 1. The van der Waals surface area contributed by atoms with Crippen molar-refractivity contribution in [3.05, 3.63) is 42.1 Å². The highest BCUT2D eigenvalue weighted by Gasteiger charge is 2.31. The third-order valence-corrected chi connectivity index (χ3v) is 7.04. The van der Waals surface area contributed by atoms with E-state index in [0.717, 1.165) is 72.7 Å². The summed E-state index contributed by atoms with van der Waals surface area (Å²) in [4.78, 5) is 21.5. The van der Waals surface area contributed by atoms with Gasteiger partial charge in [-0.25, -0.2) is 28.1 Å². The molecule has 9 nitrogen and oxygen atoms in total. The minimum atomic E-state index is -3.19. The summed E-state index contributed by atoms with van der Waals surface area (Å²) in [6, 6.07) is 4.44. The summed E-state index contributed by atoms with van der Waals surface area (Å²) >= 11 is 0. The van der Waals surface area contributed by atoms with Gasteiger partial charge in [0.15, 0.2) is 0 Å². The van der Waals surface area contributed by atoms with Crippen molar-refractivity contribution in [3.63, 3.8) is 0 Å². The maximum Gasteiger partial charge on any atom is 0.208 e. The molecule has 0 aliphatic carbocycles. The Morgan fingerprint density at radius 1 is 1.16 bits per heavy atom. The maximum absolute atomic E-state index is 11.6. The van der Waals surface area contributed by atoms with Crippen LogP contribution in [0.1, 0.15) is 31.0 Å². The van der Waals surface area contributed by atoms with E-state index in [-0.39, 0.29) is 6.04 Å². The molecule has 5 rings (SSSR count). The van der Waals surface area contributed by atoms with Gasteiger partial charge in [-0.2, -0.15) is 0 Å². The number of anilines is 2. The molecule has 3 aromatic rings. The summed E-state index contributed by atoms with van der Waals surface area (Å²) in [5.41, 5.74) is 4.32. The van der Waals surface area contributed by atoms with Gasteiger partial charge >= 0.3 is 0 Å². The first-order valence-corrected chi connectivity index (χ1v) is 12.5. The molecule has 1 atom stereocenters. The number of nitrogens with zero attached hydrogens (tertiary/aromatic N) is 5. The first-order chi connectivity index (χ1) is 14.9. The van der Waals surface area contributed by atoms with Gasteiger partial charge in [0.2, 0.25) is 10.0 Å². The van der Waals surface area contributed by atoms with Gasteiger partial charge in [-0.15, -0.1) is 0 Å². The lowest BCUT2D eigenvalue weighted by Gasteiger charge is -2.39. The molecule has 164 valence electrons. The second-order valence-corrected chi connectivity index (χ2v) is 10.3. The molecule has 10 heteroatoms. The van der Waals surface area contributed by atoms with Gasteiger partial charge < -0.3 is 14.8 Å². The number of aromatic amines is 1. The second-order valence-electron chi connectivity index (χ2n) is 8.52. The Balaban J connectivity index is 1.42. The average Bonchev–Trinajstić information content (AvgIpc) is 3.21. The molecule has 3 aromatic heterocycles. The van der Waals surface area contributed by atoms with E-state index >= 15 is 0 Å². The van der Waals surface area contributed by atoms with E-state index in [2.05, 4.69) is 53.5 Å². The number of aromatic nitrogens is 4. The van der Waals surface area contributed by atoms with Crippen LogP contribution in [-0.2, 0) is 23.0 Å². The Labute approximate surface area is 182 Å². The van der Waals surface area contributed by atoms with Crippen molar-refractivity contribution >= 4 is 32.6 Å². The van der Waals surface area contributed by atoms with E-state index in [9.17, 15) is 8.42 Å². The molecule has 0 bridgehead atoms. The number of hydrogen-bond acceptors (Lipinski definition) is 7. The van der Waals surface area contributed by atoms with E-state index in [1.165, 1.54) is 6.26 Å². The van der Waals surface area contributed by atoms with Crippen LogP contribution in [0.2, 0.25) is 0 Å². The summed E-state index contributed by atoms with van der Waals surface area (Å²) in [7, 11) is -3.19. The Morgan fingerprint density at radius 3 is 2.74 bits per heavy atom. The van der Waals surface area contributed by atoms with Crippen LogP contribution in [0.15, 0.2) is 30.9 Å². The fourth-order valence-corrected chi connectivity index (χ4v) is 5.64. The molecular weight excluding hydrogens is 414 g/mol. The number of sulfonamides is 1. The molecule has 0 saturated carbocycles. The van der Waals surface area contributed by atoms with Gasteiger partial charge in [-0.05, 0) is 31.9 Å². The zero-order valence-corrected chi connectivity index (χ0v) is 18.6. The monoisotopic (exact) mass is 441 g/mol. The van der Waals surface area contributed by atoms with Crippen molar-refractivity contribution < 1.29 is 8.42 Å². The largest absolute Gasteiger partial charge is 0.363 e. The molecule has 0 amide bonds. The van der Waals surface area contributed by atoms with Crippen molar-refractivity contribution in [2.75, 3.05) is 29.1 Å². The van der Waals surface area contributed by atoms with Crippen LogP contribution in [-0.4, -0.2) is 59.8 Å². The Hall–Kier alpha value is -2.72. The molecule has 1 fully saturated rings. The van der Waals surface area contributed by atoms with Crippen LogP contribution >= 0.6 is 0 Å². The first kappa shape index (κ1) is 20.2. The molecule has 0 spiro atoms. The van der Waals surface area contributed by atoms with E-state index in [1.807, 2.05) is 12.4 Å². The molecule has 2 aliphatic rings. The molecule has 5 heterocycles. The molecule has 2 N–H and O–H groups in total. The minimum Gasteiger partial charge on any atom is -0.363 e. The first-order valence-electron chi connectivity index (χ1n) is 10.6. The molecule has 0 radical (unpaired) electrons. The van der Waals surface area contributed by atoms with Gasteiger partial charge in [0.1, 0.15) is 17.8 Å². The highest BCUT2D eigenvalue weighted by atomic mass is 32.2. The zero-order chi connectivity index (χ0) is 21.6. The average molecular weight is 442 g/mol. The van der Waals surface area contributed by atoms with E-state index in [4.69, 9.17) is 0 Å². The summed E-state index contributed by atoms with van der Waals surface area (Å²) in [5, 5.41) is 1.11.